The Bertz CT molecular complexity index is 640. The molecule has 0 spiro atoms. The molecule has 2 bridgehead atoms. The molecule has 160 valence electrons. The van der Waals surface area contributed by atoms with Crippen molar-refractivity contribution < 1.29 is 38.1 Å². The summed E-state index contributed by atoms with van der Waals surface area (Å²) in [6.07, 6.45) is -0.100. The van der Waals surface area contributed by atoms with E-state index >= 15 is 0 Å². The molecule has 2 saturated carbocycles. The first kappa shape index (κ1) is 23.9. The monoisotopic (exact) mass is 400 g/mol. The van der Waals surface area contributed by atoms with Gasteiger partial charge in [-0.2, -0.15) is 0 Å². The van der Waals surface area contributed by atoms with Gasteiger partial charge in [-0.05, 0) is 26.7 Å². The Labute approximate surface area is 166 Å². The van der Waals surface area contributed by atoms with Crippen LogP contribution in [0.25, 0.3) is 0 Å². The smallest absolute Gasteiger partial charge is 0.344 e. The Hall–Kier alpha value is -2.12. The topological polar surface area (TPSA) is 105 Å². The van der Waals surface area contributed by atoms with Crippen LogP contribution in [0.1, 0.15) is 48.5 Å². The average Bonchev–Trinajstić information content (AvgIpc) is 3.22. The summed E-state index contributed by atoms with van der Waals surface area (Å²) < 4.78 is 20.6. The van der Waals surface area contributed by atoms with E-state index in [2.05, 4.69) is 0 Å². The van der Waals surface area contributed by atoms with Gasteiger partial charge in [0.25, 0.3) is 0 Å². The molecule has 28 heavy (non-hydrogen) atoms. The highest BCUT2D eigenvalue weighted by Crippen LogP contribution is 2.58. The molecule has 0 amide bonds. The Morgan fingerprint density at radius 3 is 2.39 bits per heavy atom. The van der Waals surface area contributed by atoms with Crippen molar-refractivity contribution in [2.24, 2.45) is 29.1 Å². The van der Waals surface area contributed by atoms with Gasteiger partial charge in [-0.1, -0.05) is 21.8 Å². The van der Waals surface area contributed by atoms with Crippen molar-refractivity contribution in [3.63, 3.8) is 0 Å². The molecule has 0 aromatic carbocycles. The van der Waals surface area contributed by atoms with Crippen molar-refractivity contribution in [3.05, 3.63) is 0 Å². The molecule has 0 aromatic heterocycles. The number of ether oxygens (including phenoxy) is 4. The molecule has 2 aliphatic carbocycles. The van der Waals surface area contributed by atoms with Crippen LogP contribution < -0.4 is 0 Å². The van der Waals surface area contributed by atoms with Gasteiger partial charge in [0.1, 0.15) is 12.2 Å². The van der Waals surface area contributed by atoms with Crippen LogP contribution in [0.4, 0.5) is 0 Å². The first-order valence-electron chi connectivity index (χ1n) is 8.86. The Morgan fingerprint density at radius 2 is 1.82 bits per heavy atom. The van der Waals surface area contributed by atoms with Crippen molar-refractivity contribution >= 4 is 23.9 Å². The molecule has 3 fully saturated rings. The van der Waals surface area contributed by atoms with E-state index in [1.807, 2.05) is 6.92 Å². The number of carbonyl (C=O) groups excluding carboxylic acids is 4. The maximum Gasteiger partial charge on any atom is 0.344 e. The molecule has 1 aliphatic heterocycles. The second-order valence-electron chi connectivity index (χ2n) is 7.81. The van der Waals surface area contributed by atoms with Crippen LogP contribution in [0.15, 0.2) is 0 Å². The van der Waals surface area contributed by atoms with E-state index in [-0.39, 0.29) is 26.7 Å². The van der Waals surface area contributed by atoms with E-state index in [9.17, 15) is 19.2 Å². The van der Waals surface area contributed by atoms with Gasteiger partial charge >= 0.3 is 23.9 Å². The second-order valence-corrected chi connectivity index (χ2v) is 7.81. The van der Waals surface area contributed by atoms with Crippen molar-refractivity contribution in [3.8, 4) is 0 Å². The number of fused-ring (bicyclic) bond motifs is 1. The maximum absolute atomic E-state index is 12.1. The van der Waals surface area contributed by atoms with Crippen LogP contribution in [0.3, 0.4) is 0 Å². The lowest BCUT2D eigenvalue weighted by molar-refractivity contribution is -0.174. The minimum atomic E-state index is -0.717. The number of esters is 4. The van der Waals surface area contributed by atoms with Gasteiger partial charge in [0.05, 0.1) is 24.4 Å². The Balaban J connectivity index is 0.00000196. The largest absolute Gasteiger partial charge is 0.469 e. The van der Waals surface area contributed by atoms with Crippen molar-refractivity contribution in [2.45, 2.75) is 60.7 Å². The van der Waals surface area contributed by atoms with Crippen molar-refractivity contribution in [2.75, 3.05) is 13.7 Å². The first-order valence-corrected chi connectivity index (χ1v) is 8.86. The fourth-order valence-corrected chi connectivity index (χ4v) is 4.25. The van der Waals surface area contributed by atoms with Crippen LogP contribution in [0.5, 0.6) is 0 Å². The molecule has 3 rings (SSSR count). The summed E-state index contributed by atoms with van der Waals surface area (Å²) >= 11 is 0. The minimum Gasteiger partial charge on any atom is -0.469 e. The molecule has 6 atom stereocenters. The Morgan fingerprint density at radius 1 is 1.18 bits per heavy atom. The molecule has 3 aliphatic rings. The molecule has 0 N–H and O–H groups in total. The van der Waals surface area contributed by atoms with Gasteiger partial charge in [0.15, 0.2) is 6.61 Å². The molecule has 8 heteroatoms. The molecular formula is C20H32O8. The zero-order chi connectivity index (χ0) is 19.2. The summed E-state index contributed by atoms with van der Waals surface area (Å²) in [4.78, 5) is 48.3. The minimum absolute atomic E-state index is 0. The quantitative estimate of drug-likeness (QED) is 0.493. The molecule has 1 heterocycles. The fourth-order valence-electron chi connectivity index (χ4n) is 4.25. The zero-order valence-electron chi connectivity index (χ0n) is 15.4. The predicted molar refractivity (Wildman–Crippen MR) is 98.8 cm³/mol. The third-order valence-electron chi connectivity index (χ3n) is 6.04. The number of hydrogen-bond donors (Lipinski definition) is 0. The molecule has 8 nitrogen and oxygen atoms in total. The molecule has 1 saturated heterocycles. The zero-order valence-corrected chi connectivity index (χ0v) is 15.4. The normalized spacial score (nSPS) is 31.9. The van der Waals surface area contributed by atoms with E-state index in [1.165, 1.54) is 7.11 Å². The third-order valence-corrected chi connectivity index (χ3v) is 6.04. The van der Waals surface area contributed by atoms with Crippen molar-refractivity contribution in [1.82, 2.24) is 0 Å². The number of rotatable bonds is 6. The lowest BCUT2D eigenvalue weighted by Crippen LogP contribution is -2.44. The highest BCUT2D eigenvalue weighted by Gasteiger charge is 2.70. The van der Waals surface area contributed by atoms with Gasteiger partial charge in [0.2, 0.25) is 0 Å². The van der Waals surface area contributed by atoms with Gasteiger partial charge in [0, 0.05) is 11.8 Å². The molecule has 0 radical (unpaired) electrons. The SMILES string of the molecule is C.C.CCC(C)(C)C(=O)OCC(=O)OC1C2CC3C1OC(=O)C3C2C(=O)OC. The lowest BCUT2D eigenvalue weighted by Gasteiger charge is -2.30. The van der Waals surface area contributed by atoms with Crippen LogP contribution in [0, 0.1) is 29.1 Å². The van der Waals surface area contributed by atoms with Crippen LogP contribution in [-0.2, 0) is 38.1 Å². The van der Waals surface area contributed by atoms with Crippen molar-refractivity contribution in [1.29, 1.82) is 0 Å². The van der Waals surface area contributed by atoms with Gasteiger partial charge in [-0.15, -0.1) is 0 Å². The number of methoxy groups -OCH3 is 1. The summed E-state index contributed by atoms with van der Waals surface area (Å²) in [5.41, 5.74) is -0.684. The maximum atomic E-state index is 12.1. The van der Waals surface area contributed by atoms with E-state index in [0.717, 1.165) is 0 Å². The Kier molecular flexibility index (Phi) is 7.25. The summed E-state index contributed by atoms with van der Waals surface area (Å²) in [6, 6.07) is 0. The predicted octanol–water partition coefficient (Wildman–Crippen LogP) is 2.13. The molecular weight excluding hydrogens is 368 g/mol. The van der Waals surface area contributed by atoms with Gasteiger partial charge in [-0.3, -0.25) is 14.4 Å². The summed E-state index contributed by atoms with van der Waals surface area (Å²) in [6.45, 7) is 4.81. The summed E-state index contributed by atoms with van der Waals surface area (Å²) in [5, 5.41) is 0. The van der Waals surface area contributed by atoms with E-state index in [4.69, 9.17) is 18.9 Å². The average molecular weight is 400 g/mol. The van der Waals surface area contributed by atoms with E-state index in [1.54, 1.807) is 13.8 Å². The number of hydrogen-bond acceptors (Lipinski definition) is 8. The van der Waals surface area contributed by atoms with Gasteiger partial charge < -0.3 is 18.9 Å². The van der Waals surface area contributed by atoms with Crippen LogP contribution in [-0.4, -0.2) is 49.8 Å². The van der Waals surface area contributed by atoms with Crippen LogP contribution in [0.2, 0.25) is 0 Å². The third kappa shape index (κ3) is 3.73. The second kappa shape index (κ2) is 8.49. The highest BCUT2D eigenvalue weighted by molar-refractivity contribution is 5.86. The first-order chi connectivity index (χ1) is 12.2. The standard InChI is InChI=1S/C18H24O8.2CH4/c1-5-18(2,3)17(22)24-7-10(19)25-13-8-6-9-12(11(8)15(20)23-4)16(21)26-14(9)13;;/h8-9,11-14H,5-7H2,1-4H3;2*1H4. The van der Waals surface area contributed by atoms with Gasteiger partial charge in [-0.25, -0.2) is 4.79 Å². The number of carbonyl (C=O) groups is 4. The van der Waals surface area contributed by atoms with Crippen LogP contribution >= 0.6 is 0 Å². The summed E-state index contributed by atoms with van der Waals surface area (Å²) in [5.74, 6) is -3.76. The molecule has 6 unspecified atom stereocenters. The van der Waals surface area contributed by atoms with E-state index < -0.39 is 59.9 Å². The highest BCUT2D eigenvalue weighted by atomic mass is 16.6. The molecule has 0 aromatic rings. The fraction of sp³-hybridized carbons (Fsp3) is 0.800. The van der Waals surface area contributed by atoms with E-state index in [0.29, 0.717) is 12.8 Å². The summed E-state index contributed by atoms with van der Waals surface area (Å²) in [7, 11) is 1.27. The lowest BCUT2D eigenvalue weighted by atomic mass is 9.78.